The Hall–Kier alpha value is -4.46. The number of piperazine rings is 1. The maximum absolute atomic E-state index is 14.1. The Labute approximate surface area is 248 Å². The molecule has 1 atom stereocenters. The highest BCUT2D eigenvalue weighted by atomic mass is 19.1. The third-order valence-corrected chi connectivity index (χ3v) is 7.45. The molecular weight excluding hydrogens is 555 g/mol. The quantitative estimate of drug-likeness (QED) is 0.153. The van der Waals surface area contributed by atoms with Crippen molar-refractivity contribution < 1.29 is 24.1 Å². The van der Waals surface area contributed by atoms with Gasteiger partial charge in [0, 0.05) is 56.7 Å². The van der Waals surface area contributed by atoms with Gasteiger partial charge in [0.15, 0.2) is 0 Å². The van der Waals surface area contributed by atoms with Crippen LogP contribution in [-0.2, 0) is 0 Å². The normalized spacial score (nSPS) is 14.6. The Morgan fingerprint density at radius 1 is 1.07 bits per heavy atom. The molecule has 13 heteroatoms. The number of fused-ring (bicyclic) bond motifs is 1. The minimum Gasteiger partial charge on any atom is -0.494 e. The van der Waals surface area contributed by atoms with Crippen LogP contribution in [0.4, 0.5) is 33.2 Å². The second-order valence-electron chi connectivity index (χ2n) is 10.6. The van der Waals surface area contributed by atoms with Crippen LogP contribution >= 0.6 is 0 Å². The lowest BCUT2D eigenvalue weighted by Crippen LogP contribution is -2.48. The summed E-state index contributed by atoms with van der Waals surface area (Å²) in [5, 5.41) is 28.2. The summed E-state index contributed by atoms with van der Waals surface area (Å²) in [7, 11) is 1.61. The number of methoxy groups -OCH3 is 1. The first-order valence-electron chi connectivity index (χ1n) is 14.2. The Balaban J connectivity index is 1.39. The summed E-state index contributed by atoms with van der Waals surface area (Å²) in [5.41, 5.74) is 2.59. The van der Waals surface area contributed by atoms with Crippen LogP contribution in [0.2, 0.25) is 0 Å². The number of nitrogens with one attached hydrogen (secondary N) is 4. The highest BCUT2D eigenvalue weighted by molar-refractivity contribution is 6.01. The number of amides is 1. The summed E-state index contributed by atoms with van der Waals surface area (Å²) in [6.07, 6.45) is 0.585. The summed E-state index contributed by atoms with van der Waals surface area (Å²) in [5.74, 6) is 0.0583. The van der Waals surface area contributed by atoms with Crippen LogP contribution < -0.4 is 25.6 Å². The molecule has 228 valence electrons. The van der Waals surface area contributed by atoms with E-state index < -0.39 is 24.4 Å². The lowest BCUT2D eigenvalue weighted by Gasteiger charge is -2.38. The summed E-state index contributed by atoms with van der Waals surface area (Å²) in [6, 6.07) is 12.0. The largest absolute Gasteiger partial charge is 0.494 e. The van der Waals surface area contributed by atoms with Crippen molar-refractivity contribution >= 4 is 45.8 Å². The molecule has 0 unspecified atom stereocenters. The predicted molar refractivity (Wildman–Crippen MR) is 164 cm³/mol. The second kappa shape index (κ2) is 13.2. The maximum Gasteiger partial charge on any atom is 0.253 e. The van der Waals surface area contributed by atoms with Crippen LogP contribution in [0.1, 0.15) is 24.2 Å². The lowest BCUT2D eigenvalue weighted by atomic mass is 10.1. The Kier molecular flexibility index (Phi) is 9.24. The second-order valence-corrected chi connectivity index (χ2v) is 10.6. The van der Waals surface area contributed by atoms with Crippen molar-refractivity contribution in [2.24, 2.45) is 0 Å². The van der Waals surface area contributed by atoms with Crippen LogP contribution in [0.25, 0.3) is 11.0 Å². The van der Waals surface area contributed by atoms with Gasteiger partial charge < -0.3 is 40.8 Å². The van der Waals surface area contributed by atoms with Crippen molar-refractivity contribution in [1.82, 2.24) is 25.2 Å². The number of anilines is 5. The summed E-state index contributed by atoms with van der Waals surface area (Å²) >= 11 is 0. The fraction of sp³-hybridized carbons (Fsp3) is 0.367. The average molecular weight is 593 g/mol. The molecule has 43 heavy (non-hydrogen) atoms. The van der Waals surface area contributed by atoms with Crippen LogP contribution in [-0.4, -0.2) is 94.6 Å². The molecule has 2 aromatic heterocycles. The number of aromatic nitrogens is 3. The van der Waals surface area contributed by atoms with E-state index in [9.17, 15) is 14.3 Å². The third-order valence-electron chi connectivity index (χ3n) is 7.45. The average Bonchev–Trinajstić information content (AvgIpc) is 3.50. The highest BCUT2D eigenvalue weighted by Gasteiger charge is 2.21. The number of benzene rings is 2. The number of nitrogens with zero attached hydrogens (tertiary/aromatic N) is 4. The Morgan fingerprint density at radius 2 is 1.84 bits per heavy atom. The van der Waals surface area contributed by atoms with E-state index in [1.165, 1.54) is 12.1 Å². The van der Waals surface area contributed by atoms with Crippen LogP contribution in [0.15, 0.2) is 48.7 Å². The Bertz CT molecular complexity index is 1570. The molecule has 1 aliphatic heterocycles. The first-order chi connectivity index (χ1) is 20.7. The number of halogens is 1. The van der Waals surface area contributed by atoms with Gasteiger partial charge in [0.25, 0.3) is 5.91 Å². The van der Waals surface area contributed by atoms with Crippen LogP contribution in [0, 0.1) is 5.82 Å². The number of ether oxygens (including phenoxy) is 1. The molecule has 3 heterocycles. The van der Waals surface area contributed by atoms with Gasteiger partial charge in [-0.3, -0.25) is 9.69 Å². The van der Waals surface area contributed by atoms with Gasteiger partial charge in [-0.25, -0.2) is 4.39 Å². The molecule has 5 rings (SSSR count). The summed E-state index contributed by atoms with van der Waals surface area (Å²) in [6.45, 7) is 7.60. The minimum atomic E-state index is -1.13. The van der Waals surface area contributed by atoms with E-state index in [1.807, 2.05) is 18.2 Å². The lowest BCUT2D eigenvalue weighted by molar-refractivity contribution is 0.0802. The fourth-order valence-electron chi connectivity index (χ4n) is 5.00. The monoisotopic (exact) mass is 592 g/mol. The predicted octanol–water partition coefficient (Wildman–Crippen LogP) is 3.21. The van der Waals surface area contributed by atoms with Crippen LogP contribution in [0.5, 0.6) is 5.75 Å². The van der Waals surface area contributed by atoms with E-state index >= 15 is 0 Å². The first kappa shape index (κ1) is 30.0. The summed E-state index contributed by atoms with van der Waals surface area (Å²) in [4.78, 5) is 30.0. The fourth-order valence-corrected chi connectivity index (χ4v) is 5.00. The molecular formula is C30H37FN8O4. The van der Waals surface area contributed by atoms with Gasteiger partial charge >= 0.3 is 0 Å². The number of aliphatic hydroxyl groups excluding tert-OH is 2. The molecule has 6 N–H and O–H groups in total. The molecule has 0 bridgehead atoms. The standard InChI is InChI=1S/C30H37FN8O4/c1-18(2)38-10-12-39(13-11-38)20-5-7-25(26(15-20)43-3)35-30-36-27-22(8-9-32-27)28(37-30)34-24-6-4-19(31)14-23(24)29(42)33-16-21(41)17-40/h4-9,14-15,18,21,40-41H,10-13,16-17H2,1-3H3,(H,33,42)(H3,32,34,35,36,37)/t21-/m1/s1. The number of H-pyrrole nitrogens is 1. The number of aliphatic hydroxyl groups is 2. The summed E-state index contributed by atoms with van der Waals surface area (Å²) < 4.78 is 19.8. The molecule has 0 aliphatic carbocycles. The number of aromatic amines is 1. The molecule has 2 aromatic carbocycles. The molecule has 1 amide bonds. The molecule has 1 aliphatic rings. The van der Waals surface area contributed by atoms with Crippen molar-refractivity contribution in [3.05, 3.63) is 60.0 Å². The van der Waals surface area contributed by atoms with Gasteiger partial charge in [-0.05, 0) is 50.2 Å². The van der Waals surface area contributed by atoms with Gasteiger partial charge in [-0.2, -0.15) is 9.97 Å². The van der Waals surface area contributed by atoms with E-state index in [1.54, 1.807) is 19.4 Å². The smallest absolute Gasteiger partial charge is 0.253 e. The van der Waals surface area contributed by atoms with E-state index in [4.69, 9.17) is 9.84 Å². The number of hydrogen-bond donors (Lipinski definition) is 6. The topological polar surface area (TPSA) is 151 Å². The van der Waals surface area contributed by atoms with Crippen molar-refractivity contribution in [3.8, 4) is 5.75 Å². The molecule has 4 aromatic rings. The van der Waals surface area contributed by atoms with Gasteiger partial charge in [0.1, 0.15) is 23.0 Å². The zero-order valence-corrected chi connectivity index (χ0v) is 24.4. The minimum absolute atomic E-state index is 0.00781. The van der Waals surface area contributed by atoms with Crippen molar-refractivity contribution in [2.75, 3.05) is 62.0 Å². The molecule has 0 radical (unpaired) electrons. The van der Waals surface area contributed by atoms with Gasteiger partial charge in [0.05, 0.1) is 42.1 Å². The molecule has 0 saturated carbocycles. The number of carbonyl (C=O) groups excluding carboxylic acids is 1. The van der Waals surface area contributed by atoms with E-state index in [-0.39, 0.29) is 18.1 Å². The van der Waals surface area contributed by atoms with Gasteiger partial charge in [-0.15, -0.1) is 0 Å². The zero-order valence-electron chi connectivity index (χ0n) is 24.4. The number of rotatable bonds is 11. The van der Waals surface area contributed by atoms with E-state index in [0.29, 0.717) is 40.0 Å². The van der Waals surface area contributed by atoms with Crippen molar-refractivity contribution in [3.63, 3.8) is 0 Å². The van der Waals surface area contributed by atoms with E-state index in [2.05, 4.69) is 54.5 Å². The van der Waals surface area contributed by atoms with Crippen molar-refractivity contribution in [1.29, 1.82) is 0 Å². The Morgan fingerprint density at radius 3 is 2.56 bits per heavy atom. The van der Waals surface area contributed by atoms with Gasteiger partial charge in [-0.1, -0.05) is 0 Å². The molecule has 0 spiro atoms. The van der Waals surface area contributed by atoms with Gasteiger partial charge in [0.2, 0.25) is 5.95 Å². The highest BCUT2D eigenvalue weighted by Crippen LogP contribution is 2.33. The SMILES string of the molecule is COc1cc(N2CCN(C(C)C)CC2)ccc1Nc1nc(Nc2ccc(F)cc2C(=O)NC[C@@H](O)CO)c2cc[nH]c2n1. The molecule has 12 nitrogen and oxygen atoms in total. The number of carbonyl (C=O) groups is 1. The molecule has 1 saturated heterocycles. The third kappa shape index (κ3) is 6.96. The molecule has 1 fully saturated rings. The zero-order chi connectivity index (χ0) is 30.5. The van der Waals surface area contributed by atoms with Crippen molar-refractivity contribution in [2.45, 2.75) is 26.0 Å². The maximum atomic E-state index is 14.1. The van der Waals surface area contributed by atoms with E-state index in [0.717, 1.165) is 37.9 Å². The first-order valence-corrected chi connectivity index (χ1v) is 14.2. The van der Waals surface area contributed by atoms with Crippen LogP contribution in [0.3, 0.4) is 0 Å². The number of hydrogen-bond acceptors (Lipinski definition) is 10.